The van der Waals surface area contributed by atoms with E-state index >= 15 is 0 Å². The van der Waals surface area contributed by atoms with Crippen molar-refractivity contribution in [2.24, 2.45) is 11.7 Å². The van der Waals surface area contributed by atoms with Crippen molar-refractivity contribution in [1.29, 1.82) is 0 Å². The fourth-order valence-electron chi connectivity index (χ4n) is 4.16. The smallest absolute Gasteiger partial charge is 0.186 e. The Labute approximate surface area is 125 Å². The van der Waals surface area contributed by atoms with Crippen LogP contribution in [0.1, 0.15) is 67.9 Å². The van der Waals surface area contributed by atoms with E-state index in [1.54, 1.807) is 0 Å². The van der Waals surface area contributed by atoms with Gasteiger partial charge < -0.3 is 10.6 Å². The van der Waals surface area contributed by atoms with Gasteiger partial charge in [-0.3, -0.25) is 0 Å². The van der Waals surface area contributed by atoms with Crippen LogP contribution in [-0.4, -0.2) is 17.6 Å². The van der Waals surface area contributed by atoms with E-state index in [0.29, 0.717) is 6.54 Å². The molecule has 0 aromatic carbocycles. The third-order valence-corrected chi connectivity index (χ3v) is 6.49. The van der Waals surface area contributed by atoms with Crippen LogP contribution in [0, 0.1) is 5.92 Å². The summed E-state index contributed by atoms with van der Waals surface area (Å²) in [7, 11) is 0. The molecule has 110 valence electrons. The molecule has 3 nitrogen and oxygen atoms in total. The van der Waals surface area contributed by atoms with Crippen LogP contribution in [0.2, 0.25) is 0 Å². The van der Waals surface area contributed by atoms with Gasteiger partial charge in [0.2, 0.25) is 0 Å². The summed E-state index contributed by atoms with van der Waals surface area (Å²) in [5.74, 6) is 1.65. The fourth-order valence-corrected chi connectivity index (χ4v) is 5.27. The van der Waals surface area contributed by atoms with Crippen LogP contribution in [0.4, 0.5) is 5.13 Å². The second-order valence-corrected chi connectivity index (χ2v) is 7.79. The molecule has 1 aliphatic heterocycles. The van der Waals surface area contributed by atoms with Crippen molar-refractivity contribution in [3.05, 3.63) is 10.6 Å². The number of aromatic nitrogens is 1. The molecule has 20 heavy (non-hydrogen) atoms. The highest BCUT2D eigenvalue weighted by Gasteiger charge is 2.36. The Morgan fingerprint density at radius 1 is 1.10 bits per heavy atom. The third-order valence-electron chi connectivity index (χ3n) is 5.35. The molecular formula is C16H25N3S. The molecule has 2 atom stereocenters. The van der Waals surface area contributed by atoms with Crippen molar-refractivity contribution in [2.75, 3.05) is 11.4 Å². The summed E-state index contributed by atoms with van der Waals surface area (Å²) in [6.07, 6.45) is 11.1. The summed E-state index contributed by atoms with van der Waals surface area (Å²) in [6.45, 7) is 1.88. The Hall–Kier alpha value is -0.610. The van der Waals surface area contributed by atoms with E-state index in [0.717, 1.165) is 17.9 Å². The van der Waals surface area contributed by atoms with Gasteiger partial charge in [0, 0.05) is 29.9 Å². The monoisotopic (exact) mass is 291 g/mol. The van der Waals surface area contributed by atoms with Crippen LogP contribution in [0.15, 0.2) is 0 Å². The standard InChI is InChI=1S/C16H25N3S/c17-10-14-15(12-7-8-12)18-16(20-14)19-9-3-5-11-4-1-2-6-13(11)19/h11-13H,1-10,17H2/t11-,13-/m1/s1. The van der Waals surface area contributed by atoms with Crippen molar-refractivity contribution in [2.45, 2.75) is 69.9 Å². The molecule has 2 heterocycles. The number of hydrogen-bond acceptors (Lipinski definition) is 4. The van der Waals surface area contributed by atoms with Gasteiger partial charge in [-0.05, 0) is 44.4 Å². The molecule has 3 fully saturated rings. The minimum atomic E-state index is 0.672. The first-order valence-corrected chi connectivity index (χ1v) is 9.15. The number of thiazole rings is 1. The number of piperidine rings is 1. The number of nitrogens with zero attached hydrogens (tertiary/aromatic N) is 2. The normalized spacial score (nSPS) is 30.4. The van der Waals surface area contributed by atoms with Gasteiger partial charge in [-0.1, -0.05) is 12.8 Å². The summed E-state index contributed by atoms with van der Waals surface area (Å²) >= 11 is 1.88. The van der Waals surface area contributed by atoms with Gasteiger partial charge >= 0.3 is 0 Å². The molecule has 0 radical (unpaired) electrons. The van der Waals surface area contributed by atoms with E-state index in [2.05, 4.69) is 4.90 Å². The highest BCUT2D eigenvalue weighted by Crippen LogP contribution is 2.46. The maximum atomic E-state index is 5.94. The molecule has 1 aromatic heterocycles. The molecule has 0 spiro atoms. The van der Waals surface area contributed by atoms with E-state index in [-0.39, 0.29) is 0 Å². The molecule has 1 aromatic rings. The Morgan fingerprint density at radius 2 is 1.90 bits per heavy atom. The topological polar surface area (TPSA) is 42.1 Å². The second kappa shape index (κ2) is 5.30. The third kappa shape index (κ3) is 2.27. The molecule has 2 saturated carbocycles. The predicted molar refractivity (Wildman–Crippen MR) is 84.3 cm³/mol. The average molecular weight is 291 g/mol. The molecule has 0 amide bonds. The molecule has 2 aliphatic carbocycles. The molecule has 4 heteroatoms. The molecule has 3 aliphatic rings. The van der Waals surface area contributed by atoms with Crippen molar-refractivity contribution < 1.29 is 0 Å². The van der Waals surface area contributed by atoms with Crippen LogP contribution in [0.3, 0.4) is 0 Å². The number of rotatable bonds is 3. The number of anilines is 1. The molecule has 2 N–H and O–H groups in total. The zero-order valence-electron chi connectivity index (χ0n) is 12.2. The molecular weight excluding hydrogens is 266 g/mol. The van der Waals surface area contributed by atoms with E-state index in [4.69, 9.17) is 10.7 Å². The van der Waals surface area contributed by atoms with Gasteiger partial charge in [-0.25, -0.2) is 4.98 Å². The summed E-state index contributed by atoms with van der Waals surface area (Å²) in [5, 5.41) is 1.28. The SMILES string of the molecule is NCc1sc(N2CCC[C@H]3CCCC[C@H]32)nc1C1CC1. The zero-order valence-corrected chi connectivity index (χ0v) is 13.0. The van der Waals surface area contributed by atoms with E-state index in [9.17, 15) is 0 Å². The Bertz CT molecular complexity index is 478. The maximum Gasteiger partial charge on any atom is 0.186 e. The lowest BCUT2D eigenvalue weighted by Crippen LogP contribution is -2.46. The minimum absolute atomic E-state index is 0.672. The molecule has 1 saturated heterocycles. The maximum absolute atomic E-state index is 5.94. The Balaban J connectivity index is 1.62. The van der Waals surface area contributed by atoms with Gasteiger partial charge in [0.05, 0.1) is 5.69 Å². The summed E-state index contributed by atoms with van der Waals surface area (Å²) in [6, 6.07) is 0.765. The van der Waals surface area contributed by atoms with Crippen molar-refractivity contribution >= 4 is 16.5 Å². The molecule has 0 unspecified atom stereocenters. The van der Waals surface area contributed by atoms with Crippen LogP contribution in [-0.2, 0) is 6.54 Å². The van der Waals surface area contributed by atoms with E-state index in [1.165, 1.54) is 73.6 Å². The molecule has 4 rings (SSSR count). The van der Waals surface area contributed by atoms with E-state index in [1.807, 2.05) is 11.3 Å². The van der Waals surface area contributed by atoms with Gasteiger partial charge in [0.1, 0.15) is 0 Å². The lowest BCUT2D eigenvalue weighted by molar-refractivity contribution is 0.243. The first kappa shape index (κ1) is 13.1. The minimum Gasteiger partial charge on any atom is -0.345 e. The molecule has 0 bridgehead atoms. The van der Waals surface area contributed by atoms with E-state index < -0.39 is 0 Å². The average Bonchev–Trinajstić information content (AvgIpc) is 3.26. The zero-order chi connectivity index (χ0) is 13.5. The lowest BCUT2D eigenvalue weighted by Gasteiger charge is -2.44. The van der Waals surface area contributed by atoms with Gasteiger partial charge in [0.15, 0.2) is 5.13 Å². The Morgan fingerprint density at radius 3 is 2.70 bits per heavy atom. The Kier molecular flexibility index (Phi) is 3.47. The highest BCUT2D eigenvalue weighted by atomic mass is 32.1. The quantitative estimate of drug-likeness (QED) is 0.924. The van der Waals surface area contributed by atoms with Gasteiger partial charge in [-0.15, -0.1) is 11.3 Å². The predicted octanol–water partition coefficient (Wildman–Crippen LogP) is 3.64. The second-order valence-electron chi connectivity index (χ2n) is 6.73. The van der Waals surface area contributed by atoms with Crippen molar-refractivity contribution in [3.63, 3.8) is 0 Å². The fraction of sp³-hybridized carbons (Fsp3) is 0.812. The summed E-state index contributed by atoms with van der Waals surface area (Å²) in [4.78, 5) is 9.01. The van der Waals surface area contributed by atoms with Gasteiger partial charge in [0.25, 0.3) is 0 Å². The van der Waals surface area contributed by atoms with Crippen LogP contribution in [0.5, 0.6) is 0 Å². The number of hydrogen-bond donors (Lipinski definition) is 1. The first-order chi connectivity index (χ1) is 9.86. The van der Waals surface area contributed by atoms with Crippen LogP contribution in [0.25, 0.3) is 0 Å². The van der Waals surface area contributed by atoms with Gasteiger partial charge in [-0.2, -0.15) is 0 Å². The summed E-state index contributed by atoms with van der Waals surface area (Å²) in [5.41, 5.74) is 7.28. The number of nitrogens with two attached hydrogens (primary N) is 1. The number of fused-ring (bicyclic) bond motifs is 1. The van der Waals surface area contributed by atoms with Crippen LogP contribution >= 0.6 is 11.3 Å². The largest absolute Gasteiger partial charge is 0.345 e. The summed E-state index contributed by atoms with van der Waals surface area (Å²) < 4.78 is 0. The van der Waals surface area contributed by atoms with Crippen LogP contribution < -0.4 is 10.6 Å². The van der Waals surface area contributed by atoms with Crippen molar-refractivity contribution in [3.8, 4) is 0 Å². The van der Waals surface area contributed by atoms with Crippen molar-refractivity contribution in [1.82, 2.24) is 4.98 Å². The highest BCUT2D eigenvalue weighted by molar-refractivity contribution is 7.15. The first-order valence-electron chi connectivity index (χ1n) is 8.33. The lowest BCUT2D eigenvalue weighted by atomic mass is 9.78.